The summed E-state index contributed by atoms with van der Waals surface area (Å²) in [6.45, 7) is 4.34. The van der Waals surface area contributed by atoms with Crippen molar-refractivity contribution < 1.29 is 23.4 Å². The average Bonchev–Trinajstić information content (AvgIpc) is 3.36. The first-order chi connectivity index (χ1) is 18.3. The minimum atomic E-state index is -0.468. The highest BCUT2D eigenvalue weighted by Gasteiger charge is 2.18. The van der Waals surface area contributed by atoms with Crippen molar-refractivity contribution in [1.82, 2.24) is 10.3 Å². The fraction of sp³-hybridized carbons (Fsp3) is 0.250. The van der Waals surface area contributed by atoms with Crippen LogP contribution in [0.5, 0.6) is 17.2 Å². The molecular formula is C28H28ClN3O5S. The van der Waals surface area contributed by atoms with Crippen molar-refractivity contribution in [3.63, 3.8) is 0 Å². The van der Waals surface area contributed by atoms with Gasteiger partial charge >= 0.3 is 0 Å². The highest BCUT2D eigenvalue weighted by molar-refractivity contribution is 7.80. The van der Waals surface area contributed by atoms with Crippen LogP contribution >= 0.6 is 23.8 Å². The van der Waals surface area contributed by atoms with Gasteiger partial charge in [-0.25, -0.2) is 4.98 Å². The molecule has 0 aliphatic carbocycles. The number of hydrogen-bond donors (Lipinski definition) is 2. The van der Waals surface area contributed by atoms with E-state index in [0.29, 0.717) is 50.9 Å². The van der Waals surface area contributed by atoms with Gasteiger partial charge in [-0.2, -0.15) is 0 Å². The lowest BCUT2D eigenvalue weighted by molar-refractivity contribution is 0.0977. The Kier molecular flexibility index (Phi) is 8.38. The highest BCUT2D eigenvalue weighted by Crippen LogP contribution is 2.38. The second-order valence-corrected chi connectivity index (χ2v) is 9.39. The molecule has 2 N–H and O–H groups in total. The zero-order chi connectivity index (χ0) is 27.4. The number of nitrogens with zero attached hydrogens (tertiary/aromatic N) is 1. The lowest BCUT2D eigenvalue weighted by atomic mass is 9.98. The van der Waals surface area contributed by atoms with Gasteiger partial charge in [0.2, 0.25) is 11.6 Å². The van der Waals surface area contributed by atoms with E-state index in [1.807, 2.05) is 12.1 Å². The molecule has 10 heteroatoms. The Labute approximate surface area is 231 Å². The fourth-order valence-electron chi connectivity index (χ4n) is 3.91. The number of rotatable bonds is 8. The number of benzene rings is 3. The molecule has 0 saturated carbocycles. The molecule has 0 aliphatic heterocycles. The molecule has 38 heavy (non-hydrogen) atoms. The highest BCUT2D eigenvalue weighted by atomic mass is 35.5. The van der Waals surface area contributed by atoms with E-state index in [4.69, 9.17) is 42.4 Å². The van der Waals surface area contributed by atoms with Crippen LogP contribution in [-0.4, -0.2) is 37.3 Å². The Hall–Kier alpha value is -3.82. The van der Waals surface area contributed by atoms with Crippen molar-refractivity contribution in [2.75, 3.05) is 26.6 Å². The van der Waals surface area contributed by atoms with Crippen molar-refractivity contribution in [2.45, 2.75) is 26.2 Å². The fourth-order valence-corrected chi connectivity index (χ4v) is 4.27. The Bertz CT molecular complexity index is 1480. The van der Waals surface area contributed by atoms with Gasteiger partial charge in [0, 0.05) is 11.1 Å². The second kappa shape index (κ2) is 11.7. The van der Waals surface area contributed by atoms with Crippen molar-refractivity contribution in [1.29, 1.82) is 0 Å². The van der Waals surface area contributed by atoms with E-state index >= 15 is 0 Å². The summed E-state index contributed by atoms with van der Waals surface area (Å²) in [5.74, 6) is 1.49. The molecule has 4 rings (SSSR count). The maximum Gasteiger partial charge on any atom is 0.257 e. The third-order valence-electron chi connectivity index (χ3n) is 6.21. The third kappa shape index (κ3) is 5.69. The van der Waals surface area contributed by atoms with E-state index in [9.17, 15) is 4.79 Å². The SMILES string of the molecule is CC[C@@H](C)c1ccc2oc(-c3ccc(Cl)c(NC(=S)NC(=O)c4cc(OC)c(OC)c(OC)c4)c3)nc2c1. The summed E-state index contributed by atoms with van der Waals surface area (Å²) in [5, 5.41) is 6.09. The van der Waals surface area contributed by atoms with E-state index < -0.39 is 5.91 Å². The lowest BCUT2D eigenvalue weighted by Crippen LogP contribution is -2.34. The zero-order valence-electron chi connectivity index (χ0n) is 21.7. The van der Waals surface area contributed by atoms with E-state index in [2.05, 4.69) is 41.6 Å². The largest absolute Gasteiger partial charge is 0.493 e. The molecule has 198 valence electrons. The topological polar surface area (TPSA) is 94.9 Å². The molecule has 0 radical (unpaired) electrons. The number of methoxy groups -OCH3 is 3. The maximum absolute atomic E-state index is 12.9. The van der Waals surface area contributed by atoms with Gasteiger partial charge in [0.1, 0.15) is 5.52 Å². The van der Waals surface area contributed by atoms with Gasteiger partial charge in [0.05, 0.1) is 32.0 Å². The van der Waals surface area contributed by atoms with Gasteiger partial charge in [-0.1, -0.05) is 31.5 Å². The summed E-state index contributed by atoms with van der Waals surface area (Å²) in [4.78, 5) is 17.6. The molecule has 3 aromatic carbocycles. The number of fused-ring (bicyclic) bond motifs is 1. The van der Waals surface area contributed by atoms with E-state index in [1.165, 1.54) is 39.0 Å². The summed E-state index contributed by atoms with van der Waals surface area (Å²) in [6.07, 6.45) is 1.04. The van der Waals surface area contributed by atoms with Gasteiger partial charge in [-0.05, 0) is 72.6 Å². The van der Waals surface area contributed by atoms with Gasteiger partial charge in [0.15, 0.2) is 22.2 Å². The van der Waals surface area contributed by atoms with E-state index in [1.54, 1.807) is 12.1 Å². The minimum absolute atomic E-state index is 0.0542. The van der Waals surface area contributed by atoms with Crippen LogP contribution in [0, 0.1) is 0 Å². The molecule has 0 fully saturated rings. The van der Waals surface area contributed by atoms with Crippen LogP contribution in [0.2, 0.25) is 5.02 Å². The third-order valence-corrected chi connectivity index (χ3v) is 6.74. The summed E-state index contributed by atoms with van der Waals surface area (Å²) >= 11 is 11.8. The number of hydrogen-bond acceptors (Lipinski definition) is 7. The first-order valence-electron chi connectivity index (χ1n) is 11.9. The molecule has 4 aromatic rings. The van der Waals surface area contributed by atoms with Crippen LogP contribution in [0.1, 0.15) is 42.1 Å². The standard InChI is InChI=1S/C28H28ClN3O5S/c1-6-15(2)16-8-10-22-21(11-16)30-27(37-22)17-7-9-19(29)20(12-17)31-28(38)32-26(33)18-13-23(34-3)25(36-5)24(14-18)35-4/h7-15H,6H2,1-5H3,(H2,31,32,33,38)/t15-/m1/s1. The van der Waals surface area contributed by atoms with Crippen LogP contribution in [0.15, 0.2) is 52.9 Å². The second-order valence-electron chi connectivity index (χ2n) is 8.57. The molecule has 1 aromatic heterocycles. The minimum Gasteiger partial charge on any atom is -0.493 e. The zero-order valence-corrected chi connectivity index (χ0v) is 23.3. The summed E-state index contributed by atoms with van der Waals surface area (Å²) in [5.41, 5.74) is 4.16. The molecule has 0 spiro atoms. The number of nitrogens with one attached hydrogen (secondary N) is 2. The summed E-state index contributed by atoms with van der Waals surface area (Å²) in [6, 6.07) is 14.4. The van der Waals surface area contributed by atoms with Crippen LogP contribution in [0.25, 0.3) is 22.6 Å². The smallest absolute Gasteiger partial charge is 0.257 e. The van der Waals surface area contributed by atoms with Gasteiger partial charge in [-0.15, -0.1) is 0 Å². The van der Waals surface area contributed by atoms with Crippen molar-refractivity contribution >= 4 is 51.6 Å². The average molecular weight is 554 g/mol. The first kappa shape index (κ1) is 27.2. The number of halogens is 1. The number of thiocarbonyl (C=S) groups is 1. The van der Waals surface area contributed by atoms with Crippen molar-refractivity contribution in [3.05, 3.63) is 64.7 Å². The van der Waals surface area contributed by atoms with Gasteiger partial charge in [0.25, 0.3) is 5.91 Å². The molecule has 1 atom stereocenters. The predicted octanol–water partition coefficient (Wildman–Crippen LogP) is 6.81. The Morgan fingerprint density at radius 2 is 1.76 bits per heavy atom. The number of carbonyl (C=O) groups is 1. The number of ether oxygens (including phenoxy) is 3. The number of carbonyl (C=O) groups excluding carboxylic acids is 1. The molecular weight excluding hydrogens is 526 g/mol. The summed E-state index contributed by atoms with van der Waals surface area (Å²) in [7, 11) is 4.44. The van der Waals surface area contributed by atoms with Crippen LogP contribution in [0.3, 0.4) is 0 Å². The number of anilines is 1. The number of amides is 1. The Morgan fingerprint density at radius 1 is 1.05 bits per heavy atom. The van der Waals surface area contributed by atoms with Crippen LogP contribution in [-0.2, 0) is 0 Å². The quantitative estimate of drug-likeness (QED) is 0.230. The Morgan fingerprint density at radius 3 is 2.39 bits per heavy atom. The first-order valence-corrected chi connectivity index (χ1v) is 12.7. The van der Waals surface area contributed by atoms with Crippen molar-refractivity contribution in [3.8, 4) is 28.7 Å². The van der Waals surface area contributed by atoms with Crippen molar-refractivity contribution in [2.24, 2.45) is 0 Å². The lowest BCUT2D eigenvalue weighted by Gasteiger charge is -2.15. The molecule has 8 nitrogen and oxygen atoms in total. The predicted molar refractivity (Wildman–Crippen MR) is 153 cm³/mol. The summed E-state index contributed by atoms with van der Waals surface area (Å²) < 4.78 is 21.9. The van der Waals surface area contributed by atoms with Gasteiger partial charge < -0.3 is 23.9 Å². The number of aromatic nitrogens is 1. The molecule has 1 amide bonds. The van der Waals surface area contributed by atoms with Crippen LogP contribution in [0.4, 0.5) is 5.69 Å². The molecule has 0 unspecified atom stereocenters. The molecule has 0 saturated heterocycles. The van der Waals surface area contributed by atoms with Gasteiger partial charge in [-0.3, -0.25) is 10.1 Å². The number of oxazole rings is 1. The van der Waals surface area contributed by atoms with Crippen LogP contribution < -0.4 is 24.8 Å². The monoisotopic (exact) mass is 553 g/mol. The maximum atomic E-state index is 12.9. The molecule has 0 aliphatic rings. The molecule has 1 heterocycles. The Balaban J connectivity index is 1.53. The van der Waals surface area contributed by atoms with E-state index in [-0.39, 0.29) is 10.7 Å². The normalized spacial score (nSPS) is 11.6. The van der Waals surface area contributed by atoms with E-state index in [0.717, 1.165) is 11.9 Å². The molecule has 0 bridgehead atoms.